The maximum atomic E-state index is 12.2. The lowest BCUT2D eigenvalue weighted by Gasteiger charge is -2.17. The van der Waals surface area contributed by atoms with Gasteiger partial charge < -0.3 is 9.64 Å². The van der Waals surface area contributed by atoms with Crippen LogP contribution in [0.2, 0.25) is 0 Å². The Morgan fingerprint density at radius 1 is 1.29 bits per heavy atom. The third-order valence-corrected chi connectivity index (χ3v) is 3.17. The summed E-state index contributed by atoms with van der Waals surface area (Å²) in [7, 11) is 0. The molecule has 0 atom stereocenters. The van der Waals surface area contributed by atoms with Gasteiger partial charge in [-0.3, -0.25) is 5.41 Å². The molecule has 7 nitrogen and oxygen atoms in total. The Bertz CT molecular complexity index is 843. The van der Waals surface area contributed by atoms with E-state index in [0.29, 0.717) is 16.8 Å². The van der Waals surface area contributed by atoms with Gasteiger partial charge in [0.25, 0.3) is 0 Å². The van der Waals surface area contributed by atoms with E-state index in [9.17, 15) is 4.79 Å². The molecule has 0 amide bonds. The SMILES string of the molecule is [C-]#[N+]C(=NNC1=NN=C(C(C)(C)C)C1=C=N)C(=O)c1ccccc1. The second kappa shape index (κ2) is 6.82. The maximum Gasteiger partial charge on any atom is 0.341 e. The van der Waals surface area contributed by atoms with Crippen LogP contribution in [0.5, 0.6) is 0 Å². The Morgan fingerprint density at radius 3 is 2.50 bits per heavy atom. The summed E-state index contributed by atoms with van der Waals surface area (Å²) in [6.45, 7) is 13.0. The molecule has 0 bridgehead atoms. The van der Waals surface area contributed by atoms with Gasteiger partial charge >= 0.3 is 5.84 Å². The van der Waals surface area contributed by atoms with Gasteiger partial charge in [0.1, 0.15) is 5.57 Å². The van der Waals surface area contributed by atoms with Gasteiger partial charge in [-0.25, -0.2) is 0 Å². The number of amidine groups is 2. The summed E-state index contributed by atoms with van der Waals surface area (Å²) in [5.41, 5.74) is 3.57. The van der Waals surface area contributed by atoms with Crippen LogP contribution in [0.4, 0.5) is 0 Å². The van der Waals surface area contributed by atoms with Crippen molar-refractivity contribution in [2.45, 2.75) is 20.8 Å². The number of rotatable bonds is 3. The van der Waals surface area contributed by atoms with E-state index in [-0.39, 0.29) is 17.1 Å². The highest BCUT2D eigenvalue weighted by atomic mass is 16.1. The minimum absolute atomic E-state index is 0.192. The number of hydrogen-bond acceptors (Lipinski definition) is 6. The van der Waals surface area contributed by atoms with Crippen molar-refractivity contribution >= 4 is 29.0 Å². The molecule has 2 rings (SSSR count). The second-order valence-electron chi connectivity index (χ2n) is 6.00. The second-order valence-corrected chi connectivity index (χ2v) is 6.00. The molecule has 7 heteroatoms. The van der Waals surface area contributed by atoms with E-state index in [0.717, 1.165) is 0 Å². The summed E-state index contributed by atoms with van der Waals surface area (Å²) in [4.78, 5) is 15.4. The van der Waals surface area contributed by atoms with Gasteiger partial charge in [-0.1, -0.05) is 57.7 Å². The third-order valence-electron chi connectivity index (χ3n) is 3.17. The molecule has 1 aromatic carbocycles. The quantitative estimate of drug-likeness (QED) is 0.294. The van der Waals surface area contributed by atoms with Crippen molar-refractivity contribution in [3.8, 4) is 0 Å². The first kappa shape index (κ1) is 17.0. The number of hydrogen-bond donors (Lipinski definition) is 2. The first-order valence-corrected chi connectivity index (χ1v) is 7.16. The van der Waals surface area contributed by atoms with Crippen LogP contribution < -0.4 is 5.43 Å². The fraction of sp³-hybridized carbons (Fsp3) is 0.235. The smallest absolute Gasteiger partial charge is 0.341 e. The first-order chi connectivity index (χ1) is 11.4. The summed E-state index contributed by atoms with van der Waals surface area (Å²) in [6, 6.07) is 8.43. The van der Waals surface area contributed by atoms with E-state index < -0.39 is 5.78 Å². The van der Waals surface area contributed by atoms with Crippen molar-refractivity contribution in [1.82, 2.24) is 5.43 Å². The minimum Gasteiger partial charge on any atom is -0.356 e. The van der Waals surface area contributed by atoms with Crippen molar-refractivity contribution in [2.75, 3.05) is 0 Å². The third kappa shape index (κ3) is 3.51. The average Bonchev–Trinajstić information content (AvgIpc) is 2.99. The molecule has 0 spiro atoms. The van der Waals surface area contributed by atoms with E-state index in [1.54, 1.807) is 30.3 Å². The highest BCUT2D eigenvalue weighted by Crippen LogP contribution is 2.24. The summed E-state index contributed by atoms with van der Waals surface area (Å²) >= 11 is 0. The van der Waals surface area contributed by atoms with Crippen molar-refractivity contribution in [3.63, 3.8) is 0 Å². The monoisotopic (exact) mass is 320 g/mol. The van der Waals surface area contributed by atoms with Gasteiger partial charge in [-0.15, -0.1) is 5.10 Å². The summed E-state index contributed by atoms with van der Waals surface area (Å²) in [5, 5.41) is 19.2. The molecule has 1 aliphatic heterocycles. The van der Waals surface area contributed by atoms with Crippen LogP contribution >= 0.6 is 0 Å². The van der Waals surface area contributed by atoms with Crippen molar-refractivity contribution in [2.24, 2.45) is 20.7 Å². The Balaban J connectivity index is 2.20. The number of hydrazone groups is 1. The molecule has 0 saturated carbocycles. The Morgan fingerprint density at radius 2 is 1.96 bits per heavy atom. The Kier molecular flexibility index (Phi) is 4.83. The molecule has 1 aromatic rings. The predicted octanol–water partition coefficient (Wildman–Crippen LogP) is 2.68. The molecule has 0 radical (unpaired) electrons. The normalized spacial score (nSPS) is 14.4. The van der Waals surface area contributed by atoms with Gasteiger partial charge in [0.05, 0.1) is 5.71 Å². The molecular formula is C17H16N6O. The van der Waals surface area contributed by atoms with E-state index >= 15 is 0 Å². The topological polar surface area (TPSA) is 94.4 Å². The minimum atomic E-state index is -0.492. The number of ketones is 1. The molecule has 0 aromatic heterocycles. The first-order valence-electron chi connectivity index (χ1n) is 7.16. The van der Waals surface area contributed by atoms with Gasteiger partial charge in [0.15, 0.2) is 0 Å². The number of Topliss-reactive ketones (excluding diaryl/α,β-unsaturated/α-hetero) is 1. The van der Waals surface area contributed by atoms with Crippen molar-refractivity contribution in [1.29, 1.82) is 5.41 Å². The molecule has 0 fully saturated rings. The number of carbonyl (C=O) groups excluding carboxylic acids is 1. The largest absolute Gasteiger partial charge is 0.356 e. The van der Waals surface area contributed by atoms with Crippen LogP contribution in [0.15, 0.2) is 51.2 Å². The molecule has 120 valence electrons. The van der Waals surface area contributed by atoms with Gasteiger partial charge in [0.2, 0.25) is 11.6 Å². The standard InChI is InChI=1S/C17H16N6O/c1-17(2,3)14-12(10-18)15(21-20-14)22-23-16(19-4)13(24)11-8-6-5-7-9-11/h5-9,18H,1-3H3,(H,21,22). The van der Waals surface area contributed by atoms with Crippen LogP contribution in [0.25, 0.3) is 4.85 Å². The highest BCUT2D eigenvalue weighted by Gasteiger charge is 2.31. The number of benzene rings is 1. The van der Waals surface area contributed by atoms with E-state index in [4.69, 9.17) is 12.0 Å². The van der Waals surface area contributed by atoms with Crippen molar-refractivity contribution in [3.05, 3.63) is 52.9 Å². The zero-order valence-electron chi connectivity index (χ0n) is 13.6. The maximum absolute atomic E-state index is 12.2. The van der Waals surface area contributed by atoms with E-state index in [1.165, 1.54) is 0 Å². The van der Waals surface area contributed by atoms with Gasteiger partial charge in [-0.05, 0) is 11.0 Å². The van der Waals surface area contributed by atoms with Crippen molar-refractivity contribution < 1.29 is 4.79 Å². The van der Waals surface area contributed by atoms with Crippen LogP contribution in [-0.2, 0) is 0 Å². The average molecular weight is 320 g/mol. The van der Waals surface area contributed by atoms with E-state index in [1.807, 2.05) is 20.8 Å². The number of carbonyl (C=O) groups is 1. The molecule has 24 heavy (non-hydrogen) atoms. The lowest BCUT2D eigenvalue weighted by molar-refractivity contribution is 0.106. The molecule has 1 aliphatic rings. The molecule has 1 heterocycles. The van der Waals surface area contributed by atoms with Crippen LogP contribution in [-0.4, -0.2) is 29.0 Å². The zero-order valence-corrected chi connectivity index (χ0v) is 13.6. The van der Waals surface area contributed by atoms with Crippen LogP contribution in [0, 0.1) is 17.4 Å². The highest BCUT2D eigenvalue weighted by molar-refractivity contribution is 6.48. The summed E-state index contributed by atoms with van der Waals surface area (Å²) in [6.07, 6.45) is 0. The molecular weight excluding hydrogens is 304 g/mol. The Hall–Kier alpha value is -3.36. The molecule has 2 N–H and O–H groups in total. The number of nitrogens with one attached hydrogen (secondary N) is 2. The summed E-state index contributed by atoms with van der Waals surface area (Å²) in [5.74, 6) is 1.66. The lowest BCUT2D eigenvalue weighted by atomic mass is 9.86. The summed E-state index contributed by atoms with van der Waals surface area (Å²) < 4.78 is 0. The molecule has 0 aliphatic carbocycles. The number of nitrogens with zero attached hydrogens (tertiary/aromatic N) is 4. The van der Waals surface area contributed by atoms with Gasteiger partial charge in [-0.2, -0.15) is 10.5 Å². The predicted molar refractivity (Wildman–Crippen MR) is 93.5 cm³/mol. The van der Waals surface area contributed by atoms with Crippen LogP contribution in [0.1, 0.15) is 31.1 Å². The van der Waals surface area contributed by atoms with E-state index in [2.05, 4.69) is 31.4 Å². The van der Waals surface area contributed by atoms with Gasteiger partial charge in [0, 0.05) is 11.0 Å². The molecule has 0 unspecified atom stereocenters. The van der Waals surface area contributed by atoms with Crippen LogP contribution in [0.3, 0.4) is 0 Å². The Labute approximate surface area is 139 Å². The lowest BCUT2D eigenvalue weighted by Crippen LogP contribution is -2.29. The zero-order chi connectivity index (χ0) is 17.7. The fourth-order valence-corrected chi connectivity index (χ4v) is 1.98. The molecule has 0 saturated heterocycles. The fourth-order valence-electron chi connectivity index (χ4n) is 1.98.